The molecule has 0 amide bonds. The molecule has 3 rings (SSSR count). The van der Waals surface area contributed by atoms with Crippen LogP contribution in [0.1, 0.15) is 5.56 Å². The Hall–Kier alpha value is -0.930. The highest BCUT2D eigenvalue weighted by molar-refractivity contribution is 7.97. The number of hydrogen-bond acceptors (Lipinski definition) is 3. The lowest BCUT2D eigenvalue weighted by atomic mass is 10.1. The molecule has 13 heavy (non-hydrogen) atoms. The molecular formula is C10H7NS2. The predicted octanol–water partition coefficient (Wildman–Crippen LogP) is 3.48. The molecule has 0 aliphatic carbocycles. The second-order valence-electron chi connectivity index (χ2n) is 2.87. The molecular weight excluding hydrogens is 198 g/mol. The van der Waals surface area contributed by atoms with Crippen molar-refractivity contribution in [2.45, 2.75) is 4.90 Å². The summed E-state index contributed by atoms with van der Waals surface area (Å²) >= 11 is 3.49. The van der Waals surface area contributed by atoms with Gasteiger partial charge in [0.15, 0.2) is 0 Å². The lowest BCUT2D eigenvalue weighted by molar-refractivity contribution is 1.35. The Labute approximate surface area is 84.6 Å². The molecule has 0 bridgehead atoms. The first-order valence-electron chi connectivity index (χ1n) is 4.04. The van der Waals surface area contributed by atoms with Crippen LogP contribution in [0.25, 0.3) is 16.2 Å². The first-order chi connectivity index (χ1) is 6.45. The third kappa shape index (κ3) is 1.08. The normalized spacial score (nSPS) is 14.2. The van der Waals surface area contributed by atoms with Gasteiger partial charge in [-0.25, -0.2) is 0 Å². The fraction of sp³-hybridized carbons (Fsp3) is 0. The number of benzene rings is 1. The quantitative estimate of drug-likeness (QED) is 0.661. The summed E-state index contributed by atoms with van der Waals surface area (Å²) in [6.45, 7) is 0. The molecule has 0 saturated heterocycles. The van der Waals surface area contributed by atoms with Gasteiger partial charge in [-0.15, -0.1) is 11.3 Å². The molecule has 0 unspecified atom stereocenters. The van der Waals surface area contributed by atoms with Crippen molar-refractivity contribution in [3.05, 3.63) is 35.3 Å². The van der Waals surface area contributed by atoms with Crippen molar-refractivity contribution in [1.82, 2.24) is 4.72 Å². The minimum absolute atomic E-state index is 1.31. The molecule has 64 valence electrons. The Morgan fingerprint density at radius 1 is 1.15 bits per heavy atom. The summed E-state index contributed by atoms with van der Waals surface area (Å²) < 4.78 is 4.53. The van der Waals surface area contributed by atoms with Crippen LogP contribution in [0.2, 0.25) is 0 Å². The Morgan fingerprint density at radius 2 is 2.15 bits per heavy atom. The second kappa shape index (κ2) is 2.79. The van der Waals surface area contributed by atoms with Gasteiger partial charge < -0.3 is 4.72 Å². The van der Waals surface area contributed by atoms with Crippen LogP contribution in [-0.2, 0) is 0 Å². The van der Waals surface area contributed by atoms with Crippen LogP contribution < -0.4 is 4.72 Å². The van der Waals surface area contributed by atoms with E-state index in [4.69, 9.17) is 0 Å². The van der Waals surface area contributed by atoms with Crippen LogP contribution >= 0.6 is 23.3 Å². The van der Waals surface area contributed by atoms with E-state index in [-0.39, 0.29) is 0 Å². The maximum atomic E-state index is 3.16. The van der Waals surface area contributed by atoms with Gasteiger partial charge in [0.25, 0.3) is 0 Å². The van der Waals surface area contributed by atoms with E-state index < -0.39 is 0 Å². The summed E-state index contributed by atoms with van der Waals surface area (Å²) in [7, 11) is 0. The average molecular weight is 205 g/mol. The monoisotopic (exact) mass is 205 g/mol. The zero-order valence-electron chi connectivity index (χ0n) is 6.78. The Morgan fingerprint density at radius 3 is 3.15 bits per heavy atom. The number of fused-ring (bicyclic) bond motifs is 3. The third-order valence-corrected chi connectivity index (χ3v) is 3.90. The average Bonchev–Trinajstić information content (AvgIpc) is 2.65. The molecule has 1 aromatic carbocycles. The van der Waals surface area contributed by atoms with Crippen molar-refractivity contribution in [3.8, 4) is 0 Å². The van der Waals surface area contributed by atoms with Crippen molar-refractivity contribution in [1.29, 1.82) is 0 Å². The van der Waals surface area contributed by atoms with E-state index in [0.29, 0.717) is 0 Å². The van der Waals surface area contributed by atoms with Crippen molar-refractivity contribution in [2.24, 2.45) is 0 Å². The molecule has 1 N–H and O–H groups in total. The van der Waals surface area contributed by atoms with E-state index in [9.17, 15) is 0 Å². The molecule has 0 saturated carbocycles. The van der Waals surface area contributed by atoms with E-state index in [1.54, 1.807) is 23.3 Å². The summed E-state index contributed by atoms with van der Waals surface area (Å²) in [6, 6.07) is 6.56. The molecule has 1 aliphatic rings. The van der Waals surface area contributed by atoms with Crippen LogP contribution in [0.15, 0.2) is 34.7 Å². The molecule has 0 atom stereocenters. The van der Waals surface area contributed by atoms with Crippen molar-refractivity contribution in [2.75, 3.05) is 0 Å². The zero-order valence-corrected chi connectivity index (χ0v) is 8.41. The van der Waals surface area contributed by atoms with E-state index in [1.807, 2.05) is 6.20 Å². The first kappa shape index (κ1) is 7.47. The number of rotatable bonds is 0. The molecule has 2 heterocycles. The number of hydrogen-bond donors (Lipinski definition) is 1. The van der Waals surface area contributed by atoms with Crippen LogP contribution in [0.4, 0.5) is 0 Å². The standard InChI is InChI=1S/C10H7NS2/c1-2-9-8(4-6-12-9)10-7(1)3-5-11-13-10/h1-6,11H. The van der Waals surface area contributed by atoms with Crippen molar-refractivity contribution >= 4 is 39.4 Å². The van der Waals surface area contributed by atoms with Gasteiger partial charge in [0.05, 0.1) is 0 Å². The summed E-state index contributed by atoms with van der Waals surface area (Å²) in [5.74, 6) is 0. The van der Waals surface area contributed by atoms with E-state index in [2.05, 4.69) is 34.4 Å². The lowest BCUT2D eigenvalue weighted by Crippen LogP contribution is -1.97. The molecule has 0 spiro atoms. The fourth-order valence-corrected chi connectivity index (χ4v) is 3.15. The highest BCUT2D eigenvalue weighted by atomic mass is 32.2. The van der Waals surface area contributed by atoms with Gasteiger partial charge in [0, 0.05) is 21.2 Å². The molecule has 1 nitrogen and oxygen atoms in total. The Balaban J connectivity index is 2.42. The number of nitrogens with one attached hydrogen (secondary N) is 1. The predicted molar refractivity (Wildman–Crippen MR) is 59.9 cm³/mol. The van der Waals surface area contributed by atoms with Crippen molar-refractivity contribution < 1.29 is 0 Å². The highest BCUT2D eigenvalue weighted by Gasteiger charge is 2.09. The number of thiophene rings is 1. The second-order valence-corrected chi connectivity index (χ2v) is 4.67. The topological polar surface area (TPSA) is 12.0 Å². The van der Waals surface area contributed by atoms with Gasteiger partial charge in [0.1, 0.15) is 0 Å². The van der Waals surface area contributed by atoms with Crippen LogP contribution in [0, 0.1) is 0 Å². The van der Waals surface area contributed by atoms with Gasteiger partial charge in [-0.2, -0.15) is 0 Å². The van der Waals surface area contributed by atoms with Gasteiger partial charge in [-0.05, 0) is 41.1 Å². The van der Waals surface area contributed by atoms with Crippen LogP contribution in [0.5, 0.6) is 0 Å². The first-order valence-corrected chi connectivity index (χ1v) is 5.74. The van der Waals surface area contributed by atoms with Crippen molar-refractivity contribution in [3.63, 3.8) is 0 Å². The van der Waals surface area contributed by atoms with Gasteiger partial charge in [0.2, 0.25) is 0 Å². The molecule has 1 aromatic heterocycles. The van der Waals surface area contributed by atoms with Gasteiger partial charge in [-0.3, -0.25) is 0 Å². The third-order valence-electron chi connectivity index (χ3n) is 2.11. The molecule has 3 heteroatoms. The summed E-state index contributed by atoms with van der Waals surface area (Å²) in [5, 5.41) is 3.51. The summed E-state index contributed by atoms with van der Waals surface area (Å²) in [4.78, 5) is 1.35. The SMILES string of the molecule is C1=Cc2ccc3sccc3c2SN1. The van der Waals surface area contributed by atoms with E-state index in [0.717, 1.165) is 0 Å². The minimum atomic E-state index is 1.31. The maximum Gasteiger partial charge on any atom is 0.0444 e. The maximum absolute atomic E-state index is 3.16. The highest BCUT2D eigenvalue weighted by Crippen LogP contribution is 2.35. The van der Waals surface area contributed by atoms with Gasteiger partial charge in [-0.1, -0.05) is 6.07 Å². The summed E-state index contributed by atoms with van der Waals surface area (Å²) in [5.41, 5.74) is 1.31. The fourth-order valence-electron chi connectivity index (χ4n) is 1.50. The Kier molecular flexibility index (Phi) is 1.60. The van der Waals surface area contributed by atoms with Crippen LogP contribution in [-0.4, -0.2) is 0 Å². The minimum Gasteiger partial charge on any atom is -0.332 e. The Bertz CT molecular complexity index is 485. The molecule has 0 radical (unpaired) electrons. The zero-order chi connectivity index (χ0) is 8.67. The van der Waals surface area contributed by atoms with E-state index in [1.165, 1.54) is 20.5 Å². The molecule has 1 aliphatic heterocycles. The summed E-state index contributed by atoms with van der Waals surface area (Å²) in [6.07, 6.45) is 4.09. The lowest BCUT2D eigenvalue weighted by Gasteiger charge is -2.11. The van der Waals surface area contributed by atoms with E-state index >= 15 is 0 Å². The molecule has 2 aromatic rings. The molecule has 0 fully saturated rings. The largest absolute Gasteiger partial charge is 0.332 e. The smallest absolute Gasteiger partial charge is 0.0444 e. The van der Waals surface area contributed by atoms with Crippen LogP contribution in [0.3, 0.4) is 0 Å². The van der Waals surface area contributed by atoms with Gasteiger partial charge >= 0.3 is 0 Å².